The van der Waals surface area contributed by atoms with E-state index in [1.54, 1.807) is 19.1 Å². The third-order valence-corrected chi connectivity index (χ3v) is 7.16. The molecule has 1 amide bonds. The van der Waals surface area contributed by atoms with Crippen molar-refractivity contribution in [3.8, 4) is 0 Å². The second-order valence-corrected chi connectivity index (χ2v) is 11.7. The maximum atomic E-state index is 12.8. The number of amides is 1. The van der Waals surface area contributed by atoms with E-state index in [0.717, 1.165) is 16.8 Å². The van der Waals surface area contributed by atoms with Crippen molar-refractivity contribution in [3.63, 3.8) is 0 Å². The Morgan fingerprint density at radius 1 is 0.933 bits per heavy atom. The summed E-state index contributed by atoms with van der Waals surface area (Å²) in [6.07, 6.45) is 2.09. The minimum absolute atomic E-state index is 0.166. The van der Waals surface area contributed by atoms with E-state index in [1.165, 1.54) is 37.3 Å². The highest BCUT2D eigenvalue weighted by atomic mass is 35.5. The van der Waals surface area contributed by atoms with E-state index >= 15 is 0 Å². The second kappa shape index (κ2) is 9.13. The molecule has 1 N–H and O–H groups in total. The average Bonchev–Trinajstić information content (AvgIpc) is 2.59. The van der Waals surface area contributed by atoms with Crippen LogP contribution in [-0.4, -0.2) is 41.3 Å². The lowest BCUT2D eigenvalue weighted by atomic mass is 10.1. The van der Waals surface area contributed by atoms with Crippen LogP contribution in [0.25, 0.3) is 0 Å². The first-order chi connectivity index (χ1) is 13.7. The van der Waals surface area contributed by atoms with Crippen molar-refractivity contribution >= 4 is 54.7 Å². The number of carbonyl (C=O) groups is 1. The molecule has 0 aliphatic carbocycles. The van der Waals surface area contributed by atoms with Crippen molar-refractivity contribution in [2.75, 3.05) is 16.8 Å². The van der Waals surface area contributed by atoms with Gasteiger partial charge in [-0.05, 0) is 49.7 Å². The molecule has 0 spiro atoms. The van der Waals surface area contributed by atoms with Gasteiger partial charge in [-0.1, -0.05) is 35.3 Å². The van der Waals surface area contributed by atoms with Gasteiger partial charge in [0.1, 0.15) is 6.04 Å². The molecule has 0 heterocycles. The fourth-order valence-electron chi connectivity index (χ4n) is 2.90. The third kappa shape index (κ3) is 6.10. The van der Waals surface area contributed by atoms with Gasteiger partial charge in [-0.3, -0.25) is 9.10 Å². The van der Waals surface area contributed by atoms with Crippen LogP contribution in [0.15, 0.2) is 47.4 Å². The van der Waals surface area contributed by atoms with Gasteiger partial charge < -0.3 is 5.32 Å². The van der Waals surface area contributed by atoms with Crippen molar-refractivity contribution in [2.24, 2.45) is 0 Å². The first-order valence-electron chi connectivity index (χ1n) is 8.76. The Labute approximate surface area is 187 Å². The number of halogens is 2. The van der Waals surface area contributed by atoms with Crippen molar-refractivity contribution in [1.82, 2.24) is 5.32 Å². The highest BCUT2D eigenvalue weighted by Crippen LogP contribution is 2.29. The molecule has 2 aromatic rings. The fourth-order valence-corrected chi connectivity index (χ4v) is 5.20. The molecule has 2 rings (SSSR count). The SMILES string of the molecule is C[C@H](NC(=O)[C@H](C)N(c1cc(Cl)cc(Cl)c1)S(C)(=O)=O)c1ccc(S(C)(=O)=O)cc1. The quantitative estimate of drug-likeness (QED) is 0.637. The first-order valence-corrected chi connectivity index (χ1v) is 13.3. The minimum atomic E-state index is -3.83. The number of hydrogen-bond acceptors (Lipinski definition) is 5. The predicted octanol–water partition coefficient (Wildman–Crippen LogP) is 3.43. The maximum absolute atomic E-state index is 12.8. The van der Waals surface area contributed by atoms with Gasteiger partial charge in [-0.15, -0.1) is 0 Å². The van der Waals surface area contributed by atoms with Gasteiger partial charge in [0.25, 0.3) is 0 Å². The Morgan fingerprint density at radius 3 is 1.87 bits per heavy atom. The molecule has 0 fully saturated rings. The number of anilines is 1. The van der Waals surface area contributed by atoms with E-state index in [1.807, 2.05) is 0 Å². The summed E-state index contributed by atoms with van der Waals surface area (Å²) in [5, 5.41) is 3.21. The zero-order valence-electron chi connectivity index (χ0n) is 16.8. The number of rotatable bonds is 7. The minimum Gasteiger partial charge on any atom is -0.348 e. The van der Waals surface area contributed by atoms with Crippen LogP contribution in [0.5, 0.6) is 0 Å². The van der Waals surface area contributed by atoms with E-state index in [9.17, 15) is 21.6 Å². The van der Waals surface area contributed by atoms with Gasteiger partial charge >= 0.3 is 0 Å². The van der Waals surface area contributed by atoms with E-state index in [0.29, 0.717) is 5.56 Å². The standard InChI is InChI=1S/C19H22Cl2N2O5S2/c1-12(14-5-7-18(8-6-14)29(3,25)26)22-19(24)13(2)23(30(4,27)28)17-10-15(20)9-16(21)11-17/h5-13H,1-4H3,(H,22,24)/t12-,13-/m0/s1. The molecule has 0 aromatic heterocycles. The summed E-state index contributed by atoms with van der Waals surface area (Å²) in [7, 11) is -7.16. The van der Waals surface area contributed by atoms with Crippen molar-refractivity contribution < 1.29 is 21.6 Å². The van der Waals surface area contributed by atoms with E-state index in [4.69, 9.17) is 23.2 Å². The van der Waals surface area contributed by atoms with Gasteiger partial charge in [-0.25, -0.2) is 16.8 Å². The first kappa shape index (κ1) is 24.5. The zero-order chi connectivity index (χ0) is 22.9. The second-order valence-electron chi connectivity index (χ2n) is 6.93. The smallest absolute Gasteiger partial charge is 0.244 e. The molecule has 0 aliphatic heterocycles. The topological polar surface area (TPSA) is 101 Å². The van der Waals surface area contributed by atoms with Crippen LogP contribution in [0.1, 0.15) is 25.5 Å². The molecule has 0 saturated carbocycles. The Kier molecular flexibility index (Phi) is 7.45. The summed E-state index contributed by atoms with van der Waals surface area (Å²) in [6.45, 7) is 3.16. The Balaban J connectivity index is 2.27. The maximum Gasteiger partial charge on any atom is 0.244 e. The van der Waals surface area contributed by atoms with Gasteiger partial charge in [0.05, 0.1) is 22.9 Å². The lowest BCUT2D eigenvalue weighted by molar-refractivity contribution is -0.122. The summed E-state index contributed by atoms with van der Waals surface area (Å²) in [4.78, 5) is 13.0. The molecule has 2 atom stereocenters. The van der Waals surface area contributed by atoms with Crippen molar-refractivity contribution in [3.05, 3.63) is 58.1 Å². The summed E-state index contributed by atoms with van der Waals surface area (Å²) < 4.78 is 48.9. The number of sulfonamides is 1. The van der Waals surface area contributed by atoms with Crippen LogP contribution in [0, 0.1) is 0 Å². The number of sulfone groups is 1. The molecule has 164 valence electrons. The monoisotopic (exact) mass is 492 g/mol. The highest BCUT2D eigenvalue weighted by Gasteiger charge is 2.30. The van der Waals surface area contributed by atoms with Crippen molar-refractivity contribution in [2.45, 2.75) is 30.8 Å². The molecule has 0 bridgehead atoms. The Hall–Kier alpha value is -1.81. The highest BCUT2D eigenvalue weighted by molar-refractivity contribution is 7.92. The normalized spacial score (nSPS) is 14.1. The molecule has 0 aliphatic rings. The number of nitrogens with zero attached hydrogens (tertiary/aromatic N) is 1. The molecule has 2 aromatic carbocycles. The number of carbonyl (C=O) groups excluding carboxylic acids is 1. The average molecular weight is 493 g/mol. The van der Waals surface area contributed by atoms with Crippen LogP contribution < -0.4 is 9.62 Å². The number of nitrogens with one attached hydrogen (secondary N) is 1. The molecular formula is C19H22Cl2N2O5S2. The zero-order valence-corrected chi connectivity index (χ0v) is 19.9. The number of hydrogen-bond donors (Lipinski definition) is 1. The van der Waals surface area contributed by atoms with Crippen molar-refractivity contribution in [1.29, 1.82) is 0 Å². The third-order valence-electron chi connectivity index (χ3n) is 4.36. The molecular weight excluding hydrogens is 471 g/mol. The molecule has 0 saturated heterocycles. The van der Waals surface area contributed by atoms with Crippen LogP contribution >= 0.6 is 23.2 Å². The number of benzene rings is 2. The Bertz CT molecular complexity index is 1130. The van der Waals surface area contributed by atoms with Crippen LogP contribution in [0.3, 0.4) is 0 Å². The molecule has 30 heavy (non-hydrogen) atoms. The summed E-state index contributed by atoms with van der Waals surface area (Å²) in [6, 6.07) is 8.79. The Morgan fingerprint density at radius 2 is 1.43 bits per heavy atom. The largest absolute Gasteiger partial charge is 0.348 e. The van der Waals surface area contributed by atoms with E-state index in [-0.39, 0.29) is 20.6 Å². The molecule has 0 radical (unpaired) electrons. The fraction of sp³-hybridized carbons (Fsp3) is 0.316. The summed E-state index contributed by atoms with van der Waals surface area (Å²) in [5.41, 5.74) is 0.836. The van der Waals surface area contributed by atoms with E-state index < -0.39 is 37.9 Å². The van der Waals surface area contributed by atoms with Gasteiger partial charge in [0.15, 0.2) is 9.84 Å². The van der Waals surface area contributed by atoms with Crippen LogP contribution in [0.4, 0.5) is 5.69 Å². The van der Waals surface area contributed by atoms with Crippen LogP contribution in [-0.2, 0) is 24.7 Å². The van der Waals surface area contributed by atoms with Crippen LogP contribution in [0.2, 0.25) is 10.0 Å². The predicted molar refractivity (Wildman–Crippen MR) is 119 cm³/mol. The van der Waals surface area contributed by atoms with Gasteiger partial charge in [0, 0.05) is 16.3 Å². The van der Waals surface area contributed by atoms with Gasteiger partial charge in [-0.2, -0.15) is 0 Å². The summed E-state index contributed by atoms with van der Waals surface area (Å²) in [5.74, 6) is -0.545. The lowest BCUT2D eigenvalue weighted by Crippen LogP contribution is -2.48. The summed E-state index contributed by atoms with van der Waals surface area (Å²) >= 11 is 12.0. The molecule has 7 nitrogen and oxygen atoms in total. The molecule has 0 unspecified atom stereocenters. The van der Waals surface area contributed by atoms with E-state index in [2.05, 4.69) is 5.32 Å². The van der Waals surface area contributed by atoms with Gasteiger partial charge in [0.2, 0.25) is 15.9 Å². The lowest BCUT2D eigenvalue weighted by Gasteiger charge is -2.29. The molecule has 11 heteroatoms.